The number of rotatable bonds is 10. The molecule has 2 aromatic carbocycles. The number of hydrogen-bond donors (Lipinski definition) is 1. The molecule has 3 rings (SSSR count). The Hall–Kier alpha value is -3.00. The number of amides is 1. The van der Waals surface area contributed by atoms with Gasteiger partial charge in [-0.1, -0.05) is 37.2 Å². The molecule has 0 atom stereocenters. The molecule has 3 aromatic rings. The molecule has 0 fully saturated rings. The number of nitrogens with one attached hydrogen (secondary N) is 1. The van der Waals surface area contributed by atoms with Gasteiger partial charge < -0.3 is 19.4 Å². The summed E-state index contributed by atoms with van der Waals surface area (Å²) in [6, 6.07) is 15.1. The fraction of sp³-hybridized carbons (Fsp3) is 0.318. The molecule has 1 aromatic heterocycles. The Bertz CT molecular complexity index is 973. The molecule has 0 aliphatic heterocycles. The number of ether oxygens (including phenoxy) is 2. The third kappa shape index (κ3) is 5.54. The molecule has 0 saturated heterocycles. The van der Waals surface area contributed by atoms with E-state index in [2.05, 4.69) is 22.4 Å². The minimum atomic E-state index is -0.136. The smallest absolute Gasteiger partial charge is 0.234 e. The van der Waals surface area contributed by atoms with Gasteiger partial charge in [-0.3, -0.25) is 4.79 Å². The summed E-state index contributed by atoms with van der Waals surface area (Å²) >= 11 is 1.33. The molecule has 0 aliphatic carbocycles. The second-order valence-electron chi connectivity index (χ2n) is 6.63. The van der Waals surface area contributed by atoms with Crippen molar-refractivity contribution < 1.29 is 14.3 Å². The van der Waals surface area contributed by atoms with Gasteiger partial charge in [0.2, 0.25) is 5.91 Å². The van der Waals surface area contributed by atoms with Gasteiger partial charge in [0.1, 0.15) is 11.5 Å². The van der Waals surface area contributed by atoms with Crippen LogP contribution < -0.4 is 14.8 Å². The van der Waals surface area contributed by atoms with Crippen molar-refractivity contribution in [2.45, 2.75) is 24.9 Å². The second-order valence-corrected chi connectivity index (χ2v) is 7.57. The quantitative estimate of drug-likeness (QED) is 0.382. The summed E-state index contributed by atoms with van der Waals surface area (Å²) in [5.74, 6) is 2.29. The Morgan fingerprint density at radius 3 is 2.63 bits per heavy atom. The van der Waals surface area contributed by atoms with Crippen molar-refractivity contribution in [3.05, 3.63) is 48.5 Å². The lowest BCUT2D eigenvalue weighted by molar-refractivity contribution is -0.113. The van der Waals surface area contributed by atoms with Gasteiger partial charge in [0.25, 0.3) is 0 Å². The van der Waals surface area contributed by atoms with Crippen LogP contribution in [0.3, 0.4) is 0 Å². The van der Waals surface area contributed by atoms with E-state index in [1.165, 1.54) is 11.8 Å². The lowest BCUT2D eigenvalue weighted by Gasteiger charge is -2.09. The molecule has 1 amide bonds. The number of benzene rings is 2. The first-order chi connectivity index (χ1) is 14.6. The molecule has 0 saturated carbocycles. The maximum absolute atomic E-state index is 12.3. The highest BCUT2D eigenvalue weighted by Gasteiger charge is 2.14. The number of anilines is 1. The summed E-state index contributed by atoms with van der Waals surface area (Å²) < 4.78 is 12.8. The van der Waals surface area contributed by atoms with E-state index >= 15 is 0 Å². The molecular weight excluding hydrogens is 400 g/mol. The number of thioether (sulfide) groups is 1. The van der Waals surface area contributed by atoms with Crippen LogP contribution in [0, 0.1) is 0 Å². The van der Waals surface area contributed by atoms with Gasteiger partial charge in [0.05, 0.1) is 25.2 Å². The van der Waals surface area contributed by atoms with Crippen LogP contribution >= 0.6 is 11.8 Å². The number of methoxy groups -OCH3 is 1. The maximum Gasteiger partial charge on any atom is 0.234 e. The molecule has 30 heavy (non-hydrogen) atoms. The average molecular weight is 427 g/mol. The van der Waals surface area contributed by atoms with Crippen molar-refractivity contribution in [2.75, 3.05) is 24.8 Å². The minimum absolute atomic E-state index is 0.136. The van der Waals surface area contributed by atoms with Gasteiger partial charge in [-0.25, -0.2) is 0 Å². The highest BCUT2D eigenvalue weighted by Crippen LogP contribution is 2.26. The number of carbonyl (C=O) groups is 1. The molecule has 8 heteroatoms. The van der Waals surface area contributed by atoms with Crippen LogP contribution in [0.15, 0.2) is 53.7 Å². The Morgan fingerprint density at radius 2 is 1.90 bits per heavy atom. The summed E-state index contributed by atoms with van der Waals surface area (Å²) in [4.78, 5) is 12.3. The summed E-state index contributed by atoms with van der Waals surface area (Å²) in [6.45, 7) is 2.86. The average Bonchev–Trinajstić information content (AvgIpc) is 3.13. The van der Waals surface area contributed by atoms with Crippen molar-refractivity contribution >= 4 is 23.4 Å². The maximum atomic E-state index is 12.3. The highest BCUT2D eigenvalue weighted by molar-refractivity contribution is 7.99. The lowest BCUT2D eigenvalue weighted by atomic mass is 10.2. The zero-order valence-corrected chi connectivity index (χ0v) is 18.2. The van der Waals surface area contributed by atoms with E-state index in [9.17, 15) is 4.79 Å². The summed E-state index contributed by atoms with van der Waals surface area (Å²) in [6.07, 6.45) is 2.14. The van der Waals surface area contributed by atoms with Crippen LogP contribution in [0.4, 0.5) is 5.69 Å². The number of carbonyl (C=O) groups excluding carboxylic acids is 1. The minimum Gasteiger partial charge on any atom is -0.495 e. The first kappa shape index (κ1) is 21.7. The zero-order valence-electron chi connectivity index (χ0n) is 17.4. The van der Waals surface area contributed by atoms with Crippen LogP contribution in [0.2, 0.25) is 0 Å². The molecule has 1 N–H and O–H groups in total. The number of aromatic nitrogens is 3. The number of unbranched alkanes of at least 4 members (excludes halogenated alkanes) is 1. The van der Waals surface area contributed by atoms with E-state index in [0.717, 1.165) is 36.6 Å². The van der Waals surface area contributed by atoms with Crippen molar-refractivity contribution in [3.63, 3.8) is 0 Å². The first-order valence-electron chi connectivity index (χ1n) is 9.80. The van der Waals surface area contributed by atoms with Gasteiger partial charge in [0.15, 0.2) is 11.0 Å². The number of hydrogen-bond acceptors (Lipinski definition) is 6. The Labute approximate surface area is 180 Å². The third-order valence-electron chi connectivity index (χ3n) is 4.43. The number of para-hydroxylation sites is 2. The summed E-state index contributed by atoms with van der Waals surface area (Å²) in [5, 5.41) is 12.0. The molecular formula is C22H26N4O3S. The standard InChI is InChI=1S/C22H26N4O3S/c1-4-5-14-29-17-12-10-16(11-13-17)21-24-25-22(26(21)2)30-15-20(27)23-18-8-6-7-9-19(18)28-3/h6-13H,4-5,14-15H2,1-3H3,(H,23,27). The van der Waals surface area contributed by atoms with Gasteiger partial charge >= 0.3 is 0 Å². The van der Waals surface area contributed by atoms with E-state index in [0.29, 0.717) is 16.6 Å². The molecule has 0 radical (unpaired) electrons. The van der Waals surface area contributed by atoms with Crippen LogP contribution in [-0.2, 0) is 11.8 Å². The monoisotopic (exact) mass is 426 g/mol. The Balaban J connectivity index is 1.59. The van der Waals surface area contributed by atoms with Crippen molar-refractivity contribution in [1.29, 1.82) is 0 Å². The van der Waals surface area contributed by atoms with Crippen LogP contribution in [-0.4, -0.2) is 40.1 Å². The molecule has 0 spiro atoms. The fourth-order valence-electron chi connectivity index (χ4n) is 2.79. The van der Waals surface area contributed by atoms with Gasteiger partial charge in [-0.2, -0.15) is 0 Å². The van der Waals surface area contributed by atoms with Crippen LogP contribution in [0.25, 0.3) is 11.4 Å². The van der Waals surface area contributed by atoms with Crippen molar-refractivity contribution in [2.24, 2.45) is 7.05 Å². The normalized spacial score (nSPS) is 10.6. The van der Waals surface area contributed by atoms with Gasteiger partial charge in [-0.05, 0) is 42.8 Å². The zero-order chi connectivity index (χ0) is 21.3. The van der Waals surface area contributed by atoms with E-state index in [-0.39, 0.29) is 11.7 Å². The molecule has 0 bridgehead atoms. The van der Waals surface area contributed by atoms with E-state index in [1.807, 2.05) is 48.0 Å². The highest BCUT2D eigenvalue weighted by atomic mass is 32.2. The molecule has 7 nitrogen and oxygen atoms in total. The topological polar surface area (TPSA) is 78.3 Å². The van der Waals surface area contributed by atoms with Crippen molar-refractivity contribution in [3.8, 4) is 22.9 Å². The SMILES string of the molecule is CCCCOc1ccc(-c2nnc(SCC(=O)Nc3ccccc3OC)n2C)cc1. The molecule has 1 heterocycles. The van der Waals surface area contributed by atoms with E-state index < -0.39 is 0 Å². The van der Waals surface area contributed by atoms with E-state index in [1.54, 1.807) is 19.2 Å². The molecule has 0 unspecified atom stereocenters. The summed E-state index contributed by atoms with van der Waals surface area (Å²) in [7, 11) is 3.46. The summed E-state index contributed by atoms with van der Waals surface area (Å²) in [5.41, 5.74) is 1.59. The predicted molar refractivity (Wildman–Crippen MR) is 119 cm³/mol. The Morgan fingerprint density at radius 1 is 1.13 bits per heavy atom. The van der Waals surface area contributed by atoms with Crippen LogP contribution in [0.5, 0.6) is 11.5 Å². The van der Waals surface area contributed by atoms with Gasteiger partial charge in [-0.15, -0.1) is 10.2 Å². The van der Waals surface area contributed by atoms with Gasteiger partial charge in [0, 0.05) is 12.6 Å². The second kappa shape index (κ2) is 10.7. The third-order valence-corrected chi connectivity index (χ3v) is 5.45. The lowest BCUT2D eigenvalue weighted by Crippen LogP contribution is -2.15. The fourth-order valence-corrected chi connectivity index (χ4v) is 3.50. The molecule has 158 valence electrons. The number of nitrogens with zero attached hydrogens (tertiary/aromatic N) is 3. The van der Waals surface area contributed by atoms with E-state index in [4.69, 9.17) is 9.47 Å². The molecule has 0 aliphatic rings. The largest absolute Gasteiger partial charge is 0.495 e. The first-order valence-corrected chi connectivity index (χ1v) is 10.8. The Kier molecular flexibility index (Phi) is 7.73. The van der Waals surface area contributed by atoms with Crippen molar-refractivity contribution in [1.82, 2.24) is 14.8 Å². The van der Waals surface area contributed by atoms with Crippen LogP contribution in [0.1, 0.15) is 19.8 Å². The predicted octanol–water partition coefficient (Wildman–Crippen LogP) is 4.40.